The quantitative estimate of drug-likeness (QED) is 0.839. The van der Waals surface area contributed by atoms with Crippen LogP contribution in [0.3, 0.4) is 0 Å². The molecule has 3 atom stereocenters. The number of nitrogens with one attached hydrogen (secondary N) is 1. The van der Waals surface area contributed by atoms with E-state index in [1.807, 2.05) is 0 Å². The summed E-state index contributed by atoms with van der Waals surface area (Å²) >= 11 is 0. The summed E-state index contributed by atoms with van der Waals surface area (Å²) in [6.45, 7) is 5.52. The van der Waals surface area contributed by atoms with Gasteiger partial charge in [-0.25, -0.2) is 4.79 Å². The Bertz CT molecular complexity index is 589. The van der Waals surface area contributed by atoms with Crippen molar-refractivity contribution in [2.75, 3.05) is 38.2 Å². The molecule has 25 heavy (non-hydrogen) atoms. The Labute approximate surface area is 147 Å². The van der Waals surface area contributed by atoms with Crippen LogP contribution in [0.5, 0.6) is 0 Å². The van der Waals surface area contributed by atoms with Gasteiger partial charge in [0, 0.05) is 38.9 Å². The molecule has 1 aromatic rings. The highest BCUT2D eigenvalue weighted by Gasteiger charge is 2.41. The SMILES string of the molecule is O=C(O)c1ccc(N[C@H]2C[C@@H]3CN(CC4CCOCC4)C[C@@H]3C2)nn1. The van der Waals surface area contributed by atoms with E-state index in [-0.39, 0.29) is 5.69 Å². The molecule has 0 bridgehead atoms. The molecular formula is C18H26N4O3. The normalized spacial score (nSPS) is 30.3. The third-order valence-corrected chi connectivity index (χ3v) is 5.92. The molecule has 4 rings (SSSR count). The predicted molar refractivity (Wildman–Crippen MR) is 92.6 cm³/mol. The van der Waals surface area contributed by atoms with Crippen molar-refractivity contribution in [1.29, 1.82) is 0 Å². The molecule has 2 N–H and O–H groups in total. The van der Waals surface area contributed by atoms with Gasteiger partial charge in [0.2, 0.25) is 0 Å². The first-order chi connectivity index (χ1) is 12.2. The molecule has 0 aromatic carbocycles. The summed E-state index contributed by atoms with van der Waals surface area (Å²) in [5.41, 5.74) is -0.0161. The van der Waals surface area contributed by atoms with E-state index in [4.69, 9.17) is 9.84 Å². The van der Waals surface area contributed by atoms with Crippen LogP contribution in [-0.2, 0) is 4.74 Å². The Hall–Kier alpha value is -1.73. The number of ether oxygens (including phenoxy) is 1. The van der Waals surface area contributed by atoms with E-state index < -0.39 is 5.97 Å². The molecule has 3 aliphatic rings. The molecule has 7 heteroatoms. The molecular weight excluding hydrogens is 320 g/mol. The van der Waals surface area contributed by atoms with Crippen molar-refractivity contribution in [2.24, 2.45) is 17.8 Å². The molecule has 1 saturated carbocycles. The largest absolute Gasteiger partial charge is 0.476 e. The Morgan fingerprint density at radius 3 is 2.52 bits per heavy atom. The standard InChI is InChI=1S/C18H26N4O3/c23-18(24)16-1-2-17(21-20-16)19-15-7-13-10-22(11-14(13)8-15)9-12-3-5-25-6-4-12/h1-2,12-15H,3-11H2,(H,19,21)(H,23,24)/t13-,14+,15+. The third kappa shape index (κ3) is 3.93. The number of likely N-dealkylation sites (tertiary alicyclic amines) is 1. The van der Waals surface area contributed by atoms with E-state index in [1.165, 1.54) is 38.5 Å². The second-order valence-electron chi connectivity index (χ2n) is 7.72. The molecule has 0 amide bonds. The average molecular weight is 346 g/mol. The third-order valence-electron chi connectivity index (χ3n) is 5.92. The number of carbonyl (C=O) groups is 1. The van der Waals surface area contributed by atoms with E-state index in [1.54, 1.807) is 6.07 Å². The second kappa shape index (κ2) is 7.25. The predicted octanol–water partition coefficient (Wildman–Crippen LogP) is 1.72. The zero-order valence-corrected chi connectivity index (χ0v) is 14.4. The van der Waals surface area contributed by atoms with Crippen LogP contribution in [0.2, 0.25) is 0 Å². The average Bonchev–Trinajstić information content (AvgIpc) is 3.14. The van der Waals surface area contributed by atoms with Gasteiger partial charge in [-0.05, 0) is 55.6 Å². The first-order valence-electron chi connectivity index (χ1n) is 9.31. The molecule has 1 aromatic heterocycles. The van der Waals surface area contributed by atoms with Crippen LogP contribution in [0.25, 0.3) is 0 Å². The molecule has 1 aliphatic carbocycles. The van der Waals surface area contributed by atoms with Crippen molar-refractivity contribution < 1.29 is 14.6 Å². The van der Waals surface area contributed by atoms with Crippen LogP contribution in [0, 0.1) is 17.8 Å². The van der Waals surface area contributed by atoms with Crippen molar-refractivity contribution in [3.8, 4) is 0 Å². The fraction of sp³-hybridized carbons (Fsp3) is 0.722. The van der Waals surface area contributed by atoms with Gasteiger partial charge in [-0.15, -0.1) is 10.2 Å². The van der Waals surface area contributed by atoms with Crippen molar-refractivity contribution in [1.82, 2.24) is 15.1 Å². The van der Waals surface area contributed by atoms with Crippen molar-refractivity contribution in [3.05, 3.63) is 17.8 Å². The Morgan fingerprint density at radius 2 is 1.92 bits per heavy atom. The van der Waals surface area contributed by atoms with Crippen LogP contribution in [0.1, 0.15) is 36.2 Å². The second-order valence-corrected chi connectivity index (χ2v) is 7.72. The maximum Gasteiger partial charge on any atom is 0.356 e. The molecule has 0 unspecified atom stereocenters. The van der Waals surface area contributed by atoms with Crippen LogP contribution in [-0.4, -0.2) is 65.1 Å². The fourth-order valence-electron chi connectivity index (χ4n) is 4.69. The van der Waals surface area contributed by atoms with Crippen LogP contribution < -0.4 is 5.32 Å². The minimum absolute atomic E-state index is 0.0161. The number of anilines is 1. The van der Waals surface area contributed by atoms with Gasteiger partial charge in [0.1, 0.15) is 5.82 Å². The van der Waals surface area contributed by atoms with Crippen LogP contribution in [0.15, 0.2) is 12.1 Å². The van der Waals surface area contributed by atoms with Crippen molar-refractivity contribution in [2.45, 2.75) is 31.7 Å². The summed E-state index contributed by atoms with van der Waals surface area (Å²) in [6, 6.07) is 3.63. The number of aromatic nitrogens is 2. The van der Waals surface area contributed by atoms with Gasteiger partial charge in [0.25, 0.3) is 0 Å². The van der Waals surface area contributed by atoms with Gasteiger partial charge < -0.3 is 20.1 Å². The number of hydrogen-bond acceptors (Lipinski definition) is 6. The monoisotopic (exact) mass is 346 g/mol. The van der Waals surface area contributed by atoms with E-state index in [0.29, 0.717) is 11.9 Å². The lowest BCUT2D eigenvalue weighted by Crippen LogP contribution is -2.32. The summed E-state index contributed by atoms with van der Waals surface area (Å²) in [6.07, 6.45) is 4.75. The first kappa shape index (κ1) is 16.7. The number of carboxylic acids is 1. The van der Waals surface area contributed by atoms with Crippen molar-refractivity contribution >= 4 is 11.8 Å². The summed E-state index contributed by atoms with van der Waals surface area (Å²) in [7, 11) is 0. The number of nitrogens with zero attached hydrogens (tertiary/aromatic N) is 3. The van der Waals surface area contributed by atoms with Gasteiger partial charge in [-0.1, -0.05) is 0 Å². The molecule has 0 radical (unpaired) electrons. The van der Waals surface area contributed by atoms with E-state index >= 15 is 0 Å². The maximum absolute atomic E-state index is 10.8. The summed E-state index contributed by atoms with van der Waals surface area (Å²) in [5, 5.41) is 20.0. The van der Waals surface area contributed by atoms with E-state index in [2.05, 4.69) is 20.4 Å². The smallest absolute Gasteiger partial charge is 0.356 e. The molecule has 0 spiro atoms. The zero-order chi connectivity index (χ0) is 17.2. The number of fused-ring (bicyclic) bond motifs is 1. The van der Waals surface area contributed by atoms with Crippen LogP contribution >= 0.6 is 0 Å². The molecule has 2 aliphatic heterocycles. The lowest BCUT2D eigenvalue weighted by Gasteiger charge is -2.27. The number of rotatable bonds is 5. The number of aromatic carboxylic acids is 1. The highest BCUT2D eigenvalue weighted by atomic mass is 16.5. The maximum atomic E-state index is 10.8. The zero-order valence-electron chi connectivity index (χ0n) is 14.4. The lowest BCUT2D eigenvalue weighted by atomic mass is 10.00. The molecule has 3 fully saturated rings. The minimum atomic E-state index is -1.04. The first-order valence-corrected chi connectivity index (χ1v) is 9.31. The molecule has 136 valence electrons. The Balaban J connectivity index is 1.25. The van der Waals surface area contributed by atoms with E-state index in [9.17, 15) is 4.79 Å². The van der Waals surface area contributed by atoms with Gasteiger partial charge in [-0.2, -0.15) is 0 Å². The summed E-state index contributed by atoms with van der Waals surface area (Å²) in [4.78, 5) is 13.5. The van der Waals surface area contributed by atoms with Crippen LogP contribution in [0.4, 0.5) is 5.82 Å². The highest BCUT2D eigenvalue weighted by molar-refractivity contribution is 5.85. The van der Waals surface area contributed by atoms with E-state index in [0.717, 1.165) is 43.8 Å². The van der Waals surface area contributed by atoms with Gasteiger partial charge in [0.05, 0.1) is 0 Å². The minimum Gasteiger partial charge on any atom is -0.476 e. The number of hydrogen-bond donors (Lipinski definition) is 2. The molecule has 2 saturated heterocycles. The molecule has 3 heterocycles. The summed E-state index contributed by atoms with van der Waals surface area (Å²) < 4.78 is 5.46. The topological polar surface area (TPSA) is 87.6 Å². The van der Waals surface area contributed by atoms with Gasteiger partial charge in [0.15, 0.2) is 5.69 Å². The highest BCUT2D eigenvalue weighted by Crippen LogP contribution is 2.39. The van der Waals surface area contributed by atoms with Gasteiger partial charge >= 0.3 is 5.97 Å². The molecule has 7 nitrogen and oxygen atoms in total. The lowest BCUT2D eigenvalue weighted by molar-refractivity contribution is 0.0545. The van der Waals surface area contributed by atoms with Gasteiger partial charge in [-0.3, -0.25) is 0 Å². The fourth-order valence-corrected chi connectivity index (χ4v) is 4.69. The Morgan fingerprint density at radius 1 is 1.20 bits per heavy atom. The number of carboxylic acid groups (broad SMARTS) is 1. The van der Waals surface area contributed by atoms with Crippen molar-refractivity contribution in [3.63, 3.8) is 0 Å². The Kier molecular flexibility index (Phi) is 4.85. The summed E-state index contributed by atoms with van der Waals surface area (Å²) in [5.74, 6) is 1.98.